The molecule has 0 saturated heterocycles. The summed E-state index contributed by atoms with van der Waals surface area (Å²) in [5, 5.41) is 8.76. The van der Waals surface area contributed by atoms with E-state index in [0.29, 0.717) is 5.75 Å². The number of rotatable bonds is 5. The minimum absolute atomic E-state index is 0.0532. The Morgan fingerprint density at radius 3 is 2.50 bits per heavy atom. The standard InChI is InChI=1S/C8H16O3S/c1-6(2)11-8(10)5-12-7(3)4-9/h6-7,9H,4-5H2,1-3H3. The molecule has 0 aliphatic carbocycles. The molecule has 0 aliphatic rings. The normalized spacial score (nSPS) is 13.1. The predicted octanol–water partition coefficient (Wildman–Crippen LogP) is 1.05. The SMILES string of the molecule is CC(C)OC(=O)CSC(C)CO. The number of hydrogen-bond acceptors (Lipinski definition) is 4. The van der Waals surface area contributed by atoms with E-state index in [-0.39, 0.29) is 23.9 Å². The summed E-state index contributed by atoms with van der Waals surface area (Å²) >= 11 is 1.40. The second kappa shape index (κ2) is 6.31. The van der Waals surface area contributed by atoms with Gasteiger partial charge in [-0.3, -0.25) is 4.79 Å². The summed E-state index contributed by atoms with van der Waals surface area (Å²) in [4.78, 5) is 10.9. The van der Waals surface area contributed by atoms with Crippen LogP contribution in [-0.4, -0.2) is 34.8 Å². The van der Waals surface area contributed by atoms with Crippen molar-refractivity contribution >= 4 is 17.7 Å². The highest BCUT2D eigenvalue weighted by Crippen LogP contribution is 2.09. The van der Waals surface area contributed by atoms with Crippen molar-refractivity contribution < 1.29 is 14.6 Å². The van der Waals surface area contributed by atoms with Crippen molar-refractivity contribution in [2.24, 2.45) is 0 Å². The Hall–Kier alpha value is -0.220. The quantitative estimate of drug-likeness (QED) is 0.661. The van der Waals surface area contributed by atoms with E-state index in [1.54, 1.807) is 0 Å². The highest BCUT2D eigenvalue weighted by molar-refractivity contribution is 8.00. The van der Waals surface area contributed by atoms with E-state index in [9.17, 15) is 4.79 Å². The number of esters is 1. The van der Waals surface area contributed by atoms with Gasteiger partial charge in [-0.15, -0.1) is 11.8 Å². The summed E-state index contributed by atoms with van der Waals surface area (Å²) in [5.41, 5.74) is 0. The zero-order valence-corrected chi connectivity index (χ0v) is 8.56. The number of thioether (sulfide) groups is 1. The first-order chi connectivity index (χ1) is 5.56. The monoisotopic (exact) mass is 192 g/mol. The van der Waals surface area contributed by atoms with Gasteiger partial charge in [0.05, 0.1) is 18.5 Å². The van der Waals surface area contributed by atoms with Crippen LogP contribution in [0.25, 0.3) is 0 Å². The van der Waals surface area contributed by atoms with Gasteiger partial charge < -0.3 is 9.84 Å². The molecule has 0 rings (SSSR count). The molecule has 3 nitrogen and oxygen atoms in total. The molecule has 0 saturated carbocycles. The van der Waals surface area contributed by atoms with Gasteiger partial charge in [-0.25, -0.2) is 0 Å². The van der Waals surface area contributed by atoms with Crippen molar-refractivity contribution in [3.05, 3.63) is 0 Å². The van der Waals surface area contributed by atoms with Crippen LogP contribution in [0.5, 0.6) is 0 Å². The highest BCUT2D eigenvalue weighted by atomic mass is 32.2. The van der Waals surface area contributed by atoms with Crippen LogP contribution < -0.4 is 0 Å². The summed E-state index contributed by atoms with van der Waals surface area (Å²) in [5.74, 6) is 0.107. The fourth-order valence-corrected chi connectivity index (χ4v) is 1.15. The molecule has 0 aromatic rings. The first kappa shape index (κ1) is 11.8. The molecule has 1 N–H and O–H groups in total. The number of carbonyl (C=O) groups is 1. The average molecular weight is 192 g/mol. The molecule has 1 atom stereocenters. The van der Waals surface area contributed by atoms with Gasteiger partial charge in [0.2, 0.25) is 0 Å². The number of aliphatic hydroxyl groups is 1. The first-order valence-electron chi connectivity index (χ1n) is 3.98. The summed E-state index contributed by atoms with van der Waals surface area (Å²) in [6, 6.07) is 0. The maximum atomic E-state index is 10.9. The van der Waals surface area contributed by atoms with E-state index in [1.165, 1.54) is 11.8 Å². The lowest BCUT2D eigenvalue weighted by Gasteiger charge is -2.09. The fourth-order valence-electron chi connectivity index (χ4n) is 0.560. The molecule has 0 aromatic carbocycles. The lowest BCUT2D eigenvalue weighted by atomic mass is 10.5. The van der Waals surface area contributed by atoms with E-state index in [0.717, 1.165) is 0 Å². The summed E-state index contributed by atoms with van der Waals surface area (Å²) in [6.07, 6.45) is -0.0532. The molecular weight excluding hydrogens is 176 g/mol. The molecule has 72 valence electrons. The molecule has 1 unspecified atom stereocenters. The number of ether oxygens (including phenoxy) is 1. The van der Waals surface area contributed by atoms with Crippen LogP contribution in [0, 0.1) is 0 Å². The lowest BCUT2D eigenvalue weighted by Crippen LogP contribution is -2.15. The van der Waals surface area contributed by atoms with Gasteiger partial charge in [0.15, 0.2) is 0 Å². The van der Waals surface area contributed by atoms with Gasteiger partial charge in [0.1, 0.15) is 0 Å². The van der Waals surface area contributed by atoms with Crippen molar-refractivity contribution in [2.75, 3.05) is 12.4 Å². The Bertz CT molecular complexity index is 136. The Labute approximate surface area is 77.5 Å². The molecular formula is C8H16O3S. The first-order valence-corrected chi connectivity index (χ1v) is 5.03. The molecule has 0 bridgehead atoms. The molecule has 0 aliphatic heterocycles. The van der Waals surface area contributed by atoms with Gasteiger partial charge in [0.25, 0.3) is 0 Å². The Balaban J connectivity index is 3.44. The van der Waals surface area contributed by atoms with Crippen molar-refractivity contribution in [2.45, 2.75) is 32.1 Å². The van der Waals surface area contributed by atoms with E-state index < -0.39 is 0 Å². The van der Waals surface area contributed by atoms with E-state index in [1.807, 2.05) is 20.8 Å². The topological polar surface area (TPSA) is 46.5 Å². The molecule has 4 heteroatoms. The van der Waals surface area contributed by atoms with Crippen LogP contribution in [0.1, 0.15) is 20.8 Å². The number of aliphatic hydroxyl groups excluding tert-OH is 1. The minimum atomic E-state index is -0.213. The molecule has 0 heterocycles. The van der Waals surface area contributed by atoms with Gasteiger partial charge in [-0.2, -0.15) is 0 Å². The van der Waals surface area contributed by atoms with E-state index >= 15 is 0 Å². The maximum absolute atomic E-state index is 10.9. The van der Waals surface area contributed by atoms with E-state index in [4.69, 9.17) is 9.84 Å². The van der Waals surface area contributed by atoms with Crippen molar-refractivity contribution in [1.29, 1.82) is 0 Å². The van der Waals surface area contributed by atoms with Crippen LogP contribution in [-0.2, 0) is 9.53 Å². The maximum Gasteiger partial charge on any atom is 0.316 e. The smallest absolute Gasteiger partial charge is 0.316 e. The second-order valence-corrected chi connectivity index (χ2v) is 4.27. The van der Waals surface area contributed by atoms with Crippen LogP contribution in [0.15, 0.2) is 0 Å². The van der Waals surface area contributed by atoms with Crippen LogP contribution >= 0.6 is 11.8 Å². The Kier molecular flexibility index (Phi) is 6.20. The average Bonchev–Trinajstić information content (AvgIpc) is 1.99. The van der Waals surface area contributed by atoms with Crippen molar-refractivity contribution in [3.63, 3.8) is 0 Å². The molecule has 0 amide bonds. The molecule has 12 heavy (non-hydrogen) atoms. The van der Waals surface area contributed by atoms with Crippen molar-refractivity contribution in [3.8, 4) is 0 Å². The number of hydrogen-bond donors (Lipinski definition) is 1. The minimum Gasteiger partial charge on any atom is -0.462 e. The zero-order chi connectivity index (χ0) is 9.56. The molecule has 0 radical (unpaired) electrons. The third kappa shape index (κ3) is 6.49. The predicted molar refractivity (Wildman–Crippen MR) is 50.2 cm³/mol. The van der Waals surface area contributed by atoms with Gasteiger partial charge in [0, 0.05) is 5.25 Å². The lowest BCUT2D eigenvalue weighted by molar-refractivity contribution is -0.144. The van der Waals surface area contributed by atoms with Gasteiger partial charge >= 0.3 is 5.97 Å². The molecule has 0 spiro atoms. The summed E-state index contributed by atoms with van der Waals surface area (Å²) in [6.45, 7) is 5.60. The summed E-state index contributed by atoms with van der Waals surface area (Å²) in [7, 11) is 0. The Morgan fingerprint density at radius 2 is 2.08 bits per heavy atom. The summed E-state index contributed by atoms with van der Waals surface area (Å²) < 4.78 is 4.90. The van der Waals surface area contributed by atoms with Gasteiger partial charge in [-0.1, -0.05) is 6.92 Å². The molecule has 0 aromatic heterocycles. The Morgan fingerprint density at radius 1 is 1.50 bits per heavy atom. The number of carbonyl (C=O) groups excluding carboxylic acids is 1. The third-order valence-corrected chi connectivity index (χ3v) is 2.23. The molecule has 0 fully saturated rings. The second-order valence-electron chi connectivity index (χ2n) is 2.84. The van der Waals surface area contributed by atoms with Crippen LogP contribution in [0.4, 0.5) is 0 Å². The van der Waals surface area contributed by atoms with Crippen LogP contribution in [0.3, 0.4) is 0 Å². The largest absolute Gasteiger partial charge is 0.462 e. The fraction of sp³-hybridized carbons (Fsp3) is 0.875. The van der Waals surface area contributed by atoms with E-state index in [2.05, 4.69) is 0 Å². The zero-order valence-electron chi connectivity index (χ0n) is 7.74. The van der Waals surface area contributed by atoms with Crippen LogP contribution in [0.2, 0.25) is 0 Å². The highest BCUT2D eigenvalue weighted by Gasteiger charge is 2.08. The van der Waals surface area contributed by atoms with Crippen molar-refractivity contribution in [1.82, 2.24) is 0 Å². The van der Waals surface area contributed by atoms with Gasteiger partial charge in [-0.05, 0) is 13.8 Å². The third-order valence-electron chi connectivity index (χ3n) is 1.11.